The van der Waals surface area contributed by atoms with Crippen molar-refractivity contribution in [2.75, 3.05) is 34.9 Å². The van der Waals surface area contributed by atoms with Crippen LogP contribution in [0.4, 0.5) is 0 Å². The van der Waals surface area contributed by atoms with Crippen molar-refractivity contribution >= 4 is 40.3 Å². The van der Waals surface area contributed by atoms with Crippen LogP contribution in [0.5, 0.6) is 11.5 Å². The lowest BCUT2D eigenvalue weighted by Crippen LogP contribution is -2.19. The molecule has 0 saturated heterocycles. The van der Waals surface area contributed by atoms with Gasteiger partial charge in [0.05, 0.1) is 8.15 Å². The quantitative estimate of drug-likeness (QED) is 0.274. The summed E-state index contributed by atoms with van der Waals surface area (Å²) < 4.78 is 28.6. The van der Waals surface area contributed by atoms with Gasteiger partial charge in [0.15, 0.2) is 13.6 Å². The average molecular weight is 436 g/mol. The fraction of sp³-hybridized carbons (Fsp3) is 0.200. The van der Waals surface area contributed by atoms with Gasteiger partial charge in [0.1, 0.15) is 11.5 Å². The zero-order valence-electron chi connectivity index (χ0n) is 17.8. The lowest BCUT2D eigenvalue weighted by molar-refractivity contribution is 0.0529. The monoisotopic (exact) mass is 436 g/mol. The van der Waals surface area contributed by atoms with Crippen molar-refractivity contribution in [1.29, 1.82) is 0 Å². The highest BCUT2D eigenvalue weighted by Gasteiger charge is 2.25. The normalized spacial score (nSPS) is 11.4. The molecule has 6 heteroatoms. The Morgan fingerprint density at radius 1 is 0.581 bits per heavy atom. The van der Waals surface area contributed by atoms with Gasteiger partial charge in [-0.15, -0.1) is 0 Å². The van der Waals surface area contributed by atoms with Crippen LogP contribution in [-0.4, -0.2) is 34.9 Å². The van der Waals surface area contributed by atoms with E-state index in [9.17, 15) is 0 Å². The molecule has 0 aliphatic heterocycles. The first-order valence-electron chi connectivity index (χ1n) is 9.89. The zero-order chi connectivity index (χ0) is 21.6. The van der Waals surface area contributed by atoms with Crippen molar-refractivity contribution in [3.8, 4) is 11.5 Å². The molecular formula is C25H25O5P. The van der Waals surface area contributed by atoms with E-state index in [1.54, 1.807) is 21.3 Å². The van der Waals surface area contributed by atoms with E-state index < -0.39 is 8.15 Å². The summed E-state index contributed by atoms with van der Waals surface area (Å²) >= 11 is 0. The molecule has 0 unspecified atom stereocenters. The van der Waals surface area contributed by atoms with Crippen molar-refractivity contribution < 1.29 is 23.5 Å². The summed E-state index contributed by atoms with van der Waals surface area (Å²) in [6.07, 6.45) is 0. The van der Waals surface area contributed by atoms with E-state index in [1.165, 1.54) is 0 Å². The molecule has 4 aromatic carbocycles. The third kappa shape index (κ3) is 4.36. The number of rotatable bonds is 9. The molecule has 0 saturated carbocycles. The smallest absolute Gasteiger partial charge is 0.188 e. The van der Waals surface area contributed by atoms with Crippen molar-refractivity contribution in [1.82, 2.24) is 0 Å². The van der Waals surface area contributed by atoms with Gasteiger partial charge in [-0.3, -0.25) is 0 Å². The number of ether oxygens (including phenoxy) is 4. The molecule has 160 valence electrons. The van der Waals surface area contributed by atoms with E-state index in [0.717, 1.165) is 43.7 Å². The summed E-state index contributed by atoms with van der Waals surface area (Å²) in [5.74, 6) is 1.53. The molecule has 0 radical (unpaired) electrons. The standard InChI is InChI=1S/C25H25O5P/c1-26-16-29-24-20-10-6-4-8-18(20)12-14-22(24)31(28-3)23-15-13-19-9-5-7-11-21(19)25(23)30-17-27-2/h4-15H,16-17H2,1-3H3. The molecule has 0 N–H and O–H groups in total. The van der Waals surface area contributed by atoms with E-state index in [2.05, 4.69) is 48.5 Å². The minimum atomic E-state index is -1.23. The van der Waals surface area contributed by atoms with Gasteiger partial charge in [0.25, 0.3) is 0 Å². The molecule has 0 fully saturated rings. The van der Waals surface area contributed by atoms with E-state index in [4.69, 9.17) is 23.5 Å². The largest absolute Gasteiger partial charge is 0.466 e. The topological polar surface area (TPSA) is 46.2 Å². The van der Waals surface area contributed by atoms with Crippen molar-refractivity contribution in [3.63, 3.8) is 0 Å². The summed E-state index contributed by atoms with van der Waals surface area (Å²) in [4.78, 5) is 0. The Kier molecular flexibility index (Phi) is 7.00. The Morgan fingerprint density at radius 2 is 1.03 bits per heavy atom. The molecule has 0 aromatic heterocycles. The number of hydrogen-bond acceptors (Lipinski definition) is 5. The Bertz CT molecular complexity index is 1090. The van der Waals surface area contributed by atoms with Gasteiger partial charge >= 0.3 is 0 Å². The highest BCUT2D eigenvalue weighted by atomic mass is 31.1. The fourth-order valence-corrected chi connectivity index (χ4v) is 5.46. The van der Waals surface area contributed by atoms with Crippen LogP contribution < -0.4 is 20.1 Å². The number of hydrogen-bond donors (Lipinski definition) is 0. The Hall–Kier alpha value is -2.69. The van der Waals surface area contributed by atoms with Crippen LogP contribution in [0.25, 0.3) is 21.5 Å². The third-order valence-electron chi connectivity index (χ3n) is 4.98. The van der Waals surface area contributed by atoms with Gasteiger partial charge in [-0.2, -0.15) is 0 Å². The Balaban J connectivity index is 1.91. The molecule has 0 atom stereocenters. The molecule has 0 bridgehead atoms. The summed E-state index contributed by atoms with van der Waals surface area (Å²) in [5, 5.41) is 6.15. The predicted octanol–water partition coefficient (Wildman–Crippen LogP) is 4.95. The van der Waals surface area contributed by atoms with Crippen molar-refractivity contribution in [3.05, 3.63) is 72.8 Å². The lowest BCUT2D eigenvalue weighted by Gasteiger charge is -2.23. The summed E-state index contributed by atoms with van der Waals surface area (Å²) in [6, 6.07) is 24.6. The van der Waals surface area contributed by atoms with Crippen molar-refractivity contribution in [2.45, 2.75) is 0 Å². The van der Waals surface area contributed by atoms with Gasteiger partial charge < -0.3 is 23.5 Å². The maximum absolute atomic E-state index is 6.08. The molecule has 5 nitrogen and oxygen atoms in total. The number of methoxy groups -OCH3 is 2. The summed E-state index contributed by atoms with van der Waals surface area (Å²) in [6.45, 7) is 0.303. The zero-order valence-corrected chi connectivity index (χ0v) is 18.7. The van der Waals surface area contributed by atoms with Crippen LogP contribution in [0.1, 0.15) is 0 Å². The molecule has 31 heavy (non-hydrogen) atoms. The molecule has 0 aliphatic carbocycles. The maximum atomic E-state index is 6.08. The SMILES string of the molecule is COCOc1c(P(OC)c2ccc3ccccc3c2OCOC)ccc2ccccc12. The first kappa shape index (κ1) is 21.5. The second-order valence-electron chi connectivity index (χ2n) is 6.85. The van der Waals surface area contributed by atoms with E-state index >= 15 is 0 Å². The van der Waals surface area contributed by atoms with Crippen LogP contribution in [-0.2, 0) is 14.0 Å². The van der Waals surface area contributed by atoms with Gasteiger partial charge in [0, 0.05) is 42.7 Å². The van der Waals surface area contributed by atoms with Crippen LogP contribution in [0, 0.1) is 0 Å². The predicted molar refractivity (Wildman–Crippen MR) is 126 cm³/mol. The molecule has 4 rings (SSSR count). The highest BCUT2D eigenvalue weighted by Crippen LogP contribution is 2.44. The van der Waals surface area contributed by atoms with Crippen LogP contribution in [0.2, 0.25) is 0 Å². The molecule has 0 heterocycles. The molecule has 0 aliphatic rings. The lowest BCUT2D eigenvalue weighted by atomic mass is 10.1. The molecule has 4 aromatic rings. The summed E-state index contributed by atoms with van der Waals surface area (Å²) in [7, 11) is 3.72. The minimum Gasteiger partial charge on any atom is -0.466 e. The third-order valence-corrected chi connectivity index (χ3v) is 6.92. The van der Waals surface area contributed by atoms with Crippen molar-refractivity contribution in [2.24, 2.45) is 0 Å². The Morgan fingerprint density at radius 3 is 1.45 bits per heavy atom. The van der Waals surface area contributed by atoms with Crippen LogP contribution >= 0.6 is 8.15 Å². The second-order valence-corrected chi connectivity index (χ2v) is 8.77. The second kappa shape index (κ2) is 10.1. The average Bonchev–Trinajstić information content (AvgIpc) is 2.82. The van der Waals surface area contributed by atoms with Gasteiger partial charge in [-0.1, -0.05) is 60.7 Å². The van der Waals surface area contributed by atoms with E-state index in [0.29, 0.717) is 0 Å². The first-order valence-corrected chi connectivity index (χ1v) is 11.2. The highest BCUT2D eigenvalue weighted by molar-refractivity contribution is 7.69. The minimum absolute atomic E-state index is 0.151. The van der Waals surface area contributed by atoms with Crippen LogP contribution in [0.15, 0.2) is 72.8 Å². The maximum Gasteiger partial charge on any atom is 0.188 e. The molecular weight excluding hydrogens is 411 g/mol. The van der Waals surface area contributed by atoms with Gasteiger partial charge in [-0.25, -0.2) is 0 Å². The molecule has 0 spiro atoms. The summed E-state index contributed by atoms with van der Waals surface area (Å²) in [5.41, 5.74) is 0. The van der Waals surface area contributed by atoms with E-state index in [-0.39, 0.29) is 13.6 Å². The van der Waals surface area contributed by atoms with E-state index in [1.807, 2.05) is 24.3 Å². The fourth-order valence-electron chi connectivity index (χ4n) is 3.65. The first-order chi connectivity index (χ1) is 15.3. The number of benzene rings is 4. The number of fused-ring (bicyclic) bond motifs is 2. The van der Waals surface area contributed by atoms with Gasteiger partial charge in [-0.05, 0) is 22.9 Å². The molecule has 0 amide bonds. The van der Waals surface area contributed by atoms with Crippen LogP contribution in [0.3, 0.4) is 0 Å². The Labute approximate surface area is 183 Å². The van der Waals surface area contributed by atoms with Gasteiger partial charge in [0.2, 0.25) is 0 Å².